The van der Waals surface area contributed by atoms with Gasteiger partial charge in [0.25, 0.3) is 0 Å². The van der Waals surface area contributed by atoms with Gasteiger partial charge in [-0.05, 0) is 67.6 Å². The van der Waals surface area contributed by atoms with Gasteiger partial charge in [-0.3, -0.25) is 4.79 Å². The van der Waals surface area contributed by atoms with E-state index >= 15 is 0 Å². The van der Waals surface area contributed by atoms with E-state index in [1.54, 1.807) is 28.4 Å². The van der Waals surface area contributed by atoms with Gasteiger partial charge in [0.1, 0.15) is 0 Å². The summed E-state index contributed by atoms with van der Waals surface area (Å²) in [5, 5.41) is 0. The number of anilines is 1. The molecule has 0 atom stereocenters. The Morgan fingerprint density at radius 1 is 1.07 bits per heavy atom. The zero-order chi connectivity index (χ0) is 21.0. The third-order valence-corrected chi connectivity index (χ3v) is 7.80. The highest BCUT2D eigenvalue weighted by Crippen LogP contribution is 2.24. The van der Waals surface area contributed by atoms with Crippen molar-refractivity contribution in [1.82, 2.24) is 4.31 Å². The predicted molar refractivity (Wildman–Crippen MR) is 120 cm³/mol. The number of halogens is 1. The maximum absolute atomic E-state index is 12.7. The molecule has 0 aliphatic carbocycles. The first-order valence-corrected chi connectivity index (χ1v) is 12.1. The van der Waals surface area contributed by atoms with E-state index in [-0.39, 0.29) is 5.91 Å². The van der Waals surface area contributed by atoms with Gasteiger partial charge in [0, 0.05) is 36.7 Å². The average Bonchev–Trinajstić information content (AvgIpc) is 2.72. The highest BCUT2D eigenvalue weighted by atomic mass is 79.9. The maximum atomic E-state index is 12.7. The lowest BCUT2D eigenvalue weighted by Gasteiger charge is -2.25. The zero-order valence-corrected chi connectivity index (χ0v) is 19.3. The molecule has 0 bridgehead atoms. The first kappa shape index (κ1) is 22.0. The normalized spacial score (nSPS) is 15.3. The van der Waals surface area contributed by atoms with Gasteiger partial charge in [-0.2, -0.15) is 4.31 Å². The van der Waals surface area contributed by atoms with Crippen molar-refractivity contribution in [2.45, 2.75) is 43.9 Å². The lowest BCUT2D eigenvalue weighted by Crippen LogP contribution is -2.35. The molecular weight excluding hydrogens is 452 g/mol. The van der Waals surface area contributed by atoms with Crippen LogP contribution in [0, 0.1) is 6.92 Å². The highest BCUT2D eigenvalue weighted by Gasteiger charge is 2.25. The Kier molecular flexibility index (Phi) is 7.14. The number of carbonyl (C=O) groups excluding carboxylic acids is 1. The second kappa shape index (κ2) is 9.41. The van der Waals surface area contributed by atoms with Crippen molar-refractivity contribution in [3.63, 3.8) is 0 Å². The smallest absolute Gasteiger partial charge is 0.243 e. The van der Waals surface area contributed by atoms with Crippen LogP contribution >= 0.6 is 15.9 Å². The SMILES string of the molecule is Cc1cc(Br)ccc1N(C)C(=O)CCc1ccc(S(=O)(=O)N2CCCCC2)cc1. The molecule has 1 saturated heterocycles. The first-order chi connectivity index (χ1) is 13.8. The summed E-state index contributed by atoms with van der Waals surface area (Å²) in [6, 6.07) is 12.8. The number of benzene rings is 2. The molecule has 0 N–H and O–H groups in total. The molecule has 0 saturated carbocycles. The van der Waals surface area contributed by atoms with Gasteiger partial charge in [0.15, 0.2) is 0 Å². The van der Waals surface area contributed by atoms with Gasteiger partial charge < -0.3 is 4.90 Å². The molecule has 3 rings (SSSR count). The topological polar surface area (TPSA) is 57.7 Å². The van der Waals surface area contributed by atoms with Crippen molar-refractivity contribution in [2.75, 3.05) is 25.0 Å². The summed E-state index contributed by atoms with van der Waals surface area (Å²) in [5.74, 6) is 0.0282. The van der Waals surface area contributed by atoms with Crippen molar-refractivity contribution in [3.8, 4) is 0 Å². The Bertz CT molecular complexity index is 968. The largest absolute Gasteiger partial charge is 0.315 e. The van der Waals surface area contributed by atoms with E-state index in [1.165, 1.54) is 0 Å². The maximum Gasteiger partial charge on any atom is 0.243 e. The molecule has 0 aromatic heterocycles. The standard InChI is InChI=1S/C22H27BrN2O3S/c1-17-16-19(23)9-12-21(17)24(2)22(26)13-8-18-6-10-20(11-7-18)29(27,28)25-14-4-3-5-15-25/h6-7,9-12,16H,3-5,8,13-15H2,1-2H3. The lowest BCUT2D eigenvalue weighted by atomic mass is 10.1. The zero-order valence-electron chi connectivity index (χ0n) is 16.9. The van der Waals surface area contributed by atoms with Gasteiger partial charge in [-0.15, -0.1) is 0 Å². The van der Waals surface area contributed by atoms with Crippen LogP contribution in [0.25, 0.3) is 0 Å². The third-order valence-electron chi connectivity index (χ3n) is 5.40. The summed E-state index contributed by atoms with van der Waals surface area (Å²) < 4.78 is 28.0. The van der Waals surface area contributed by atoms with Crippen LogP contribution in [-0.4, -0.2) is 38.8 Å². The fourth-order valence-electron chi connectivity index (χ4n) is 3.63. The van der Waals surface area contributed by atoms with Crippen molar-refractivity contribution in [2.24, 2.45) is 0 Å². The van der Waals surface area contributed by atoms with Crippen LogP contribution in [0.4, 0.5) is 5.69 Å². The van der Waals surface area contributed by atoms with Crippen molar-refractivity contribution in [1.29, 1.82) is 0 Å². The number of nitrogens with zero attached hydrogens (tertiary/aromatic N) is 2. The molecule has 0 spiro atoms. The fraction of sp³-hybridized carbons (Fsp3) is 0.409. The quantitative estimate of drug-likeness (QED) is 0.612. The van der Waals surface area contributed by atoms with Crippen LogP contribution in [-0.2, 0) is 21.2 Å². The number of carbonyl (C=O) groups is 1. The number of piperidine rings is 1. The number of hydrogen-bond donors (Lipinski definition) is 0. The second-order valence-corrected chi connectivity index (χ2v) is 10.3. The molecule has 2 aromatic carbocycles. The molecule has 1 aliphatic heterocycles. The molecule has 1 heterocycles. The average molecular weight is 479 g/mol. The Morgan fingerprint density at radius 2 is 1.72 bits per heavy atom. The predicted octanol–water partition coefficient (Wildman–Crippen LogP) is 4.53. The number of hydrogen-bond acceptors (Lipinski definition) is 3. The van der Waals surface area contributed by atoms with Crippen molar-refractivity contribution in [3.05, 3.63) is 58.1 Å². The number of sulfonamides is 1. The second-order valence-electron chi connectivity index (χ2n) is 7.49. The minimum absolute atomic E-state index is 0.0282. The van der Waals surface area contributed by atoms with Crippen LogP contribution < -0.4 is 4.90 Å². The summed E-state index contributed by atoms with van der Waals surface area (Å²) in [6.07, 6.45) is 3.87. The Labute approximate surface area is 181 Å². The Hall–Kier alpha value is -1.70. The van der Waals surface area contributed by atoms with E-state index in [9.17, 15) is 13.2 Å². The van der Waals surface area contributed by atoms with Crippen LogP contribution in [0.5, 0.6) is 0 Å². The van der Waals surface area contributed by atoms with E-state index in [0.29, 0.717) is 30.8 Å². The van der Waals surface area contributed by atoms with E-state index < -0.39 is 10.0 Å². The molecule has 5 nitrogen and oxygen atoms in total. The molecule has 1 aliphatic rings. The molecule has 1 amide bonds. The molecule has 1 fully saturated rings. The van der Waals surface area contributed by atoms with Crippen LogP contribution in [0.15, 0.2) is 51.8 Å². The van der Waals surface area contributed by atoms with Crippen molar-refractivity contribution < 1.29 is 13.2 Å². The first-order valence-electron chi connectivity index (χ1n) is 9.91. The summed E-state index contributed by atoms with van der Waals surface area (Å²) in [4.78, 5) is 14.6. The Morgan fingerprint density at radius 3 is 2.34 bits per heavy atom. The van der Waals surface area contributed by atoms with E-state index in [2.05, 4.69) is 15.9 Å². The molecule has 0 unspecified atom stereocenters. The van der Waals surface area contributed by atoms with Crippen LogP contribution in [0.1, 0.15) is 36.8 Å². The molecule has 29 heavy (non-hydrogen) atoms. The van der Waals surface area contributed by atoms with Gasteiger partial charge in [-0.1, -0.05) is 34.5 Å². The van der Waals surface area contributed by atoms with Crippen molar-refractivity contribution >= 4 is 37.5 Å². The van der Waals surface area contributed by atoms with E-state index in [1.807, 2.05) is 37.3 Å². The summed E-state index contributed by atoms with van der Waals surface area (Å²) >= 11 is 3.44. The summed E-state index contributed by atoms with van der Waals surface area (Å²) in [5.41, 5.74) is 2.88. The van der Waals surface area contributed by atoms with Crippen LogP contribution in [0.3, 0.4) is 0 Å². The molecule has 0 radical (unpaired) electrons. The van der Waals surface area contributed by atoms with E-state index in [4.69, 9.17) is 0 Å². The summed E-state index contributed by atoms with van der Waals surface area (Å²) in [6.45, 7) is 3.17. The molecule has 2 aromatic rings. The third kappa shape index (κ3) is 5.27. The van der Waals surface area contributed by atoms with Gasteiger partial charge >= 0.3 is 0 Å². The molecule has 156 valence electrons. The number of aryl methyl sites for hydroxylation is 2. The summed E-state index contributed by atoms with van der Waals surface area (Å²) in [7, 11) is -1.63. The van der Waals surface area contributed by atoms with Gasteiger partial charge in [0.2, 0.25) is 15.9 Å². The Balaban J connectivity index is 1.61. The lowest BCUT2D eigenvalue weighted by molar-refractivity contribution is -0.118. The number of amides is 1. The minimum Gasteiger partial charge on any atom is -0.315 e. The van der Waals surface area contributed by atoms with Gasteiger partial charge in [-0.25, -0.2) is 8.42 Å². The fourth-order valence-corrected chi connectivity index (χ4v) is 5.62. The monoisotopic (exact) mass is 478 g/mol. The highest BCUT2D eigenvalue weighted by molar-refractivity contribution is 9.10. The number of rotatable bonds is 6. The van der Waals surface area contributed by atoms with E-state index in [0.717, 1.165) is 40.5 Å². The van der Waals surface area contributed by atoms with Crippen LogP contribution in [0.2, 0.25) is 0 Å². The van der Waals surface area contributed by atoms with Gasteiger partial charge in [0.05, 0.1) is 4.90 Å². The minimum atomic E-state index is -3.41. The molecule has 7 heteroatoms. The molecular formula is C22H27BrN2O3S.